The molecule has 2 N–H and O–H groups in total. The number of nitrogens with zero attached hydrogens (tertiary/aromatic N) is 2. The highest BCUT2D eigenvalue weighted by Gasteiger charge is 2.48. The number of hydroxylamine groups is 2. The van der Waals surface area contributed by atoms with Crippen LogP contribution in [0.2, 0.25) is 0 Å². The summed E-state index contributed by atoms with van der Waals surface area (Å²) in [7, 11) is 0. The maximum absolute atomic E-state index is 10.2. The van der Waals surface area contributed by atoms with Crippen molar-refractivity contribution in [3.63, 3.8) is 0 Å². The Kier molecular flexibility index (Phi) is 1.79. The molecule has 0 aliphatic carbocycles. The van der Waals surface area contributed by atoms with E-state index in [1.807, 2.05) is 48.5 Å². The summed E-state index contributed by atoms with van der Waals surface area (Å²) in [4.78, 5) is 0. The SMILES string of the molecule is ON1c2ccccc2C2c3ccccc3N(O)C21. The topological polar surface area (TPSA) is 46.9 Å². The molecule has 0 unspecified atom stereocenters. The summed E-state index contributed by atoms with van der Waals surface area (Å²) in [6.45, 7) is 0. The van der Waals surface area contributed by atoms with Gasteiger partial charge in [-0.1, -0.05) is 36.4 Å². The van der Waals surface area contributed by atoms with Crippen molar-refractivity contribution in [2.75, 3.05) is 10.1 Å². The van der Waals surface area contributed by atoms with Crippen LogP contribution in [0.3, 0.4) is 0 Å². The molecule has 2 aliphatic rings. The Morgan fingerprint density at radius 3 is 1.67 bits per heavy atom. The van der Waals surface area contributed by atoms with E-state index in [0.29, 0.717) is 0 Å². The van der Waals surface area contributed by atoms with Gasteiger partial charge in [-0.25, -0.2) is 10.1 Å². The molecule has 0 spiro atoms. The zero-order chi connectivity index (χ0) is 12.3. The highest BCUT2D eigenvalue weighted by atomic mass is 16.6. The van der Waals surface area contributed by atoms with E-state index in [4.69, 9.17) is 0 Å². The van der Waals surface area contributed by atoms with E-state index in [2.05, 4.69) is 0 Å². The number of anilines is 2. The lowest BCUT2D eigenvalue weighted by atomic mass is 9.93. The standard InChI is InChI=1S/C14H12N2O2/c17-15-11-7-3-1-5-9(11)13-10-6-2-4-8-12(10)16(18)14(13)15/h1-8,13-14,17-18H. The molecule has 90 valence electrons. The van der Waals surface area contributed by atoms with Crippen molar-refractivity contribution in [2.45, 2.75) is 12.1 Å². The van der Waals surface area contributed by atoms with E-state index in [1.165, 1.54) is 0 Å². The second-order valence-corrected chi connectivity index (χ2v) is 4.70. The molecule has 0 saturated carbocycles. The van der Waals surface area contributed by atoms with Crippen LogP contribution in [0.4, 0.5) is 11.4 Å². The van der Waals surface area contributed by atoms with Gasteiger partial charge in [-0.05, 0) is 23.3 Å². The summed E-state index contributed by atoms with van der Waals surface area (Å²) in [6.07, 6.45) is -0.459. The minimum atomic E-state index is -0.459. The Hall–Kier alpha value is -2.04. The smallest absolute Gasteiger partial charge is 0.163 e. The van der Waals surface area contributed by atoms with Crippen molar-refractivity contribution < 1.29 is 10.4 Å². The van der Waals surface area contributed by atoms with Crippen LogP contribution in [0.5, 0.6) is 0 Å². The Labute approximate surface area is 104 Å². The van der Waals surface area contributed by atoms with Crippen LogP contribution in [0.25, 0.3) is 0 Å². The third kappa shape index (κ3) is 1.02. The fraction of sp³-hybridized carbons (Fsp3) is 0.143. The van der Waals surface area contributed by atoms with Crippen molar-refractivity contribution in [2.24, 2.45) is 0 Å². The molecule has 4 rings (SSSR count). The first-order valence-electron chi connectivity index (χ1n) is 5.93. The average Bonchev–Trinajstić information content (AvgIpc) is 2.87. The third-order valence-electron chi connectivity index (χ3n) is 3.84. The lowest BCUT2D eigenvalue weighted by Gasteiger charge is -2.25. The van der Waals surface area contributed by atoms with E-state index < -0.39 is 6.17 Å². The Morgan fingerprint density at radius 2 is 1.17 bits per heavy atom. The van der Waals surface area contributed by atoms with Gasteiger partial charge >= 0.3 is 0 Å². The molecular formula is C14H12N2O2. The largest absolute Gasteiger partial charge is 0.286 e. The summed E-state index contributed by atoms with van der Waals surface area (Å²) in [5.41, 5.74) is 3.63. The van der Waals surface area contributed by atoms with Crippen molar-refractivity contribution in [1.82, 2.24) is 0 Å². The summed E-state index contributed by atoms with van der Waals surface area (Å²) in [5, 5.41) is 22.8. The predicted octanol–water partition coefficient (Wildman–Crippen LogP) is 2.56. The molecule has 0 fully saturated rings. The molecule has 0 aromatic heterocycles. The van der Waals surface area contributed by atoms with E-state index in [1.54, 1.807) is 0 Å². The molecule has 2 heterocycles. The third-order valence-corrected chi connectivity index (χ3v) is 3.84. The normalized spacial score (nSPS) is 23.9. The van der Waals surface area contributed by atoms with Gasteiger partial charge in [-0.2, -0.15) is 0 Å². The Morgan fingerprint density at radius 1 is 0.722 bits per heavy atom. The second kappa shape index (κ2) is 3.25. The van der Waals surface area contributed by atoms with Gasteiger partial charge in [-0.15, -0.1) is 0 Å². The van der Waals surface area contributed by atoms with Crippen LogP contribution in [0.1, 0.15) is 17.0 Å². The lowest BCUT2D eigenvalue weighted by molar-refractivity contribution is 0.146. The molecule has 2 aliphatic heterocycles. The summed E-state index contributed by atoms with van der Waals surface area (Å²) >= 11 is 0. The van der Waals surface area contributed by atoms with E-state index >= 15 is 0 Å². The van der Waals surface area contributed by atoms with Crippen molar-refractivity contribution in [3.8, 4) is 0 Å². The highest BCUT2D eigenvalue weighted by molar-refractivity contribution is 5.73. The van der Waals surface area contributed by atoms with Gasteiger partial charge in [0.15, 0.2) is 6.17 Å². The summed E-state index contributed by atoms with van der Waals surface area (Å²) < 4.78 is 0. The molecule has 0 radical (unpaired) electrons. The molecular weight excluding hydrogens is 228 g/mol. The number of hydrogen-bond donors (Lipinski definition) is 2. The minimum Gasteiger partial charge on any atom is -0.286 e. The van der Waals surface area contributed by atoms with Crippen molar-refractivity contribution in [3.05, 3.63) is 59.7 Å². The molecule has 0 bridgehead atoms. The van der Waals surface area contributed by atoms with Gasteiger partial charge < -0.3 is 0 Å². The quantitative estimate of drug-likeness (QED) is 0.743. The van der Waals surface area contributed by atoms with Crippen LogP contribution < -0.4 is 10.1 Å². The first-order valence-corrected chi connectivity index (χ1v) is 5.93. The number of rotatable bonds is 0. The summed E-state index contributed by atoms with van der Waals surface area (Å²) in [6, 6.07) is 15.4. The lowest BCUT2D eigenvalue weighted by Crippen LogP contribution is -2.41. The predicted molar refractivity (Wildman–Crippen MR) is 67.0 cm³/mol. The van der Waals surface area contributed by atoms with Gasteiger partial charge in [0.2, 0.25) is 0 Å². The first-order chi connectivity index (χ1) is 8.79. The van der Waals surface area contributed by atoms with Crippen molar-refractivity contribution in [1.29, 1.82) is 0 Å². The van der Waals surface area contributed by atoms with Crippen molar-refractivity contribution >= 4 is 11.4 Å². The first kappa shape index (κ1) is 9.94. The van der Waals surface area contributed by atoms with E-state index in [-0.39, 0.29) is 5.92 Å². The fourth-order valence-electron chi connectivity index (χ4n) is 3.08. The van der Waals surface area contributed by atoms with Gasteiger partial charge in [0.05, 0.1) is 17.3 Å². The van der Waals surface area contributed by atoms with Crippen LogP contribution in [-0.4, -0.2) is 16.6 Å². The van der Waals surface area contributed by atoms with E-state index in [0.717, 1.165) is 32.6 Å². The monoisotopic (exact) mass is 240 g/mol. The van der Waals surface area contributed by atoms with Crippen LogP contribution in [0, 0.1) is 0 Å². The zero-order valence-electron chi connectivity index (χ0n) is 9.56. The molecule has 0 amide bonds. The highest BCUT2D eigenvalue weighted by Crippen LogP contribution is 2.52. The molecule has 4 heteroatoms. The van der Waals surface area contributed by atoms with Gasteiger partial charge in [-0.3, -0.25) is 10.4 Å². The molecule has 0 saturated heterocycles. The number of fused-ring (bicyclic) bond motifs is 5. The van der Waals surface area contributed by atoms with Crippen LogP contribution in [0.15, 0.2) is 48.5 Å². The molecule has 18 heavy (non-hydrogen) atoms. The Balaban J connectivity index is 1.98. The van der Waals surface area contributed by atoms with E-state index in [9.17, 15) is 10.4 Å². The molecule has 0 atom stereocenters. The second-order valence-electron chi connectivity index (χ2n) is 4.70. The summed E-state index contributed by atoms with van der Waals surface area (Å²) in [5.74, 6) is -0.00704. The van der Waals surface area contributed by atoms with Gasteiger partial charge in [0, 0.05) is 0 Å². The maximum atomic E-state index is 10.2. The maximum Gasteiger partial charge on any atom is 0.163 e. The minimum absolute atomic E-state index is 0.00704. The Bertz CT molecular complexity index is 575. The van der Waals surface area contributed by atoms with Gasteiger partial charge in [0.25, 0.3) is 0 Å². The van der Waals surface area contributed by atoms with Crippen LogP contribution in [-0.2, 0) is 0 Å². The number of hydrogen-bond acceptors (Lipinski definition) is 4. The zero-order valence-corrected chi connectivity index (χ0v) is 9.56. The van der Waals surface area contributed by atoms with Crippen LogP contribution >= 0.6 is 0 Å². The molecule has 2 aromatic rings. The number of para-hydroxylation sites is 2. The van der Waals surface area contributed by atoms with Gasteiger partial charge in [0.1, 0.15) is 0 Å². The molecule has 2 aromatic carbocycles. The molecule has 4 nitrogen and oxygen atoms in total. The number of benzene rings is 2. The fourth-order valence-corrected chi connectivity index (χ4v) is 3.08. The average molecular weight is 240 g/mol.